The van der Waals surface area contributed by atoms with E-state index in [-0.39, 0.29) is 5.91 Å². The fourth-order valence-corrected chi connectivity index (χ4v) is 4.34. The maximum Gasteiger partial charge on any atom is 0.272 e. The quantitative estimate of drug-likeness (QED) is 0.376. The molecule has 0 N–H and O–H groups in total. The van der Waals surface area contributed by atoms with E-state index in [4.69, 9.17) is 14.0 Å². The summed E-state index contributed by atoms with van der Waals surface area (Å²) < 4.78 is 17.6. The number of aromatic nitrogens is 5. The topological polar surface area (TPSA) is 112 Å². The van der Waals surface area contributed by atoms with Gasteiger partial charge in [-0.3, -0.25) is 9.48 Å². The summed E-state index contributed by atoms with van der Waals surface area (Å²) in [4.78, 5) is 26.3. The first-order valence-corrected chi connectivity index (χ1v) is 12.1. The molecule has 0 spiro atoms. The molecule has 11 heteroatoms. The summed E-state index contributed by atoms with van der Waals surface area (Å²) in [7, 11) is 4.99. The molecule has 1 fully saturated rings. The van der Waals surface area contributed by atoms with Gasteiger partial charge in [0.2, 0.25) is 11.7 Å². The molecule has 0 atom stereocenters. The zero-order chi connectivity index (χ0) is 25.9. The van der Waals surface area contributed by atoms with Gasteiger partial charge in [0.05, 0.1) is 19.9 Å². The minimum Gasteiger partial charge on any atom is -0.497 e. The number of hydrogen-bond donors (Lipinski definition) is 0. The molecule has 11 nitrogen and oxygen atoms in total. The van der Waals surface area contributed by atoms with Crippen molar-refractivity contribution in [1.29, 1.82) is 0 Å². The number of rotatable bonds is 7. The van der Waals surface area contributed by atoms with Crippen LogP contribution in [0.15, 0.2) is 47.1 Å². The zero-order valence-corrected chi connectivity index (χ0v) is 21.3. The van der Waals surface area contributed by atoms with Gasteiger partial charge in [-0.2, -0.15) is 10.1 Å². The number of piperazine rings is 1. The van der Waals surface area contributed by atoms with Gasteiger partial charge in [-0.15, -0.1) is 0 Å². The van der Waals surface area contributed by atoms with Crippen molar-refractivity contribution in [3.63, 3.8) is 0 Å². The Hall–Kier alpha value is -4.41. The average Bonchev–Trinajstić information content (AvgIpc) is 3.59. The van der Waals surface area contributed by atoms with Crippen LogP contribution >= 0.6 is 0 Å². The Morgan fingerprint density at radius 3 is 2.51 bits per heavy atom. The number of benzene rings is 1. The smallest absolute Gasteiger partial charge is 0.272 e. The van der Waals surface area contributed by atoms with Crippen LogP contribution in [0.2, 0.25) is 0 Å². The Bertz CT molecular complexity index is 1390. The molecule has 1 saturated heterocycles. The summed E-state index contributed by atoms with van der Waals surface area (Å²) in [6, 6.07) is 11.2. The molecule has 37 heavy (non-hydrogen) atoms. The van der Waals surface area contributed by atoms with E-state index in [0.717, 1.165) is 16.9 Å². The lowest BCUT2D eigenvalue weighted by Crippen LogP contribution is -2.49. The highest BCUT2D eigenvalue weighted by Crippen LogP contribution is 2.33. The summed E-state index contributed by atoms with van der Waals surface area (Å²) in [6.07, 6.45) is 2.44. The first-order valence-electron chi connectivity index (χ1n) is 12.1. The molecular formula is C26H29N7O4. The first-order chi connectivity index (χ1) is 18.0. The van der Waals surface area contributed by atoms with E-state index < -0.39 is 0 Å². The van der Waals surface area contributed by atoms with E-state index in [1.165, 1.54) is 0 Å². The second-order valence-electron chi connectivity index (χ2n) is 8.65. The first kappa shape index (κ1) is 24.3. The number of anilines is 1. The third kappa shape index (κ3) is 4.84. The van der Waals surface area contributed by atoms with Crippen LogP contribution < -0.4 is 14.4 Å². The Kier molecular flexibility index (Phi) is 6.76. The van der Waals surface area contributed by atoms with E-state index in [1.54, 1.807) is 38.2 Å². The molecule has 1 aliphatic rings. The van der Waals surface area contributed by atoms with Crippen molar-refractivity contribution < 1.29 is 18.8 Å². The molecule has 5 rings (SSSR count). The second kappa shape index (κ2) is 10.3. The molecule has 1 aliphatic heterocycles. The molecule has 0 unspecified atom stereocenters. The van der Waals surface area contributed by atoms with Crippen molar-refractivity contribution in [2.75, 3.05) is 45.3 Å². The molecular weight excluding hydrogens is 474 g/mol. The predicted molar refractivity (Wildman–Crippen MR) is 137 cm³/mol. The third-order valence-electron chi connectivity index (χ3n) is 6.45. The minimum atomic E-state index is -0.0603. The summed E-state index contributed by atoms with van der Waals surface area (Å²) in [5.41, 5.74) is 2.74. The average molecular weight is 504 g/mol. The maximum atomic E-state index is 13.4. The number of nitrogens with zero attached hydrogens (tertiary/aromatic N) is 7. The van der Waals surface area contributed by atoms with Crippen molar-refractivity contribution in [2.24, 2.45) is 7.05 Å². The van der Waals surface area contributed by atoms with Crippen molar-refractivity contribution in [2.45, 2.75) is 13.3 Å². The Balaban J connectivity index is 1.26. The van der Waals surface area contributed by atoms with Crippen LogP contribution in [0.4, 0.5) is 5.82 Å². The van der Waals surface area contributed by atoms with Crippen LogP contribution in [-0.2, 0) is 13.5 Å². The van der Waals surface area contributed by atoms with E-state index >= 15 is 0 Å². The highest BCUT2D eigenvalue weighted by atomic mass is 16.5. The minimum absolute atomic E-state index is 0.0603. The largest absolute Gasteiger partial charge is 0.497 e. The summed E-state index contributed by atoms with van der Waals surface area (Å²) >= 11 is 0. The van der Waals surface area contributed by atoms with Gasteiger partial charge < -0.3 is 23.8 Å². The van der Waals surface area contributed by atoms with Gasteiger partial charge in [-0.05, 0) is 36.4 Å². The van der Waals surface area contributed by atoms with Crippen molar-refractivity contribution >= 4 is 11.7 Å². The summed E-state index contributed by atoms with van der Waals surface area (Å²) in [5.74, 6) is 3.28. The second-order valence-corrected chi connectivity index (χ2v) is 8.65. The fraction of sp³-hybridized carbons (Fsp3) is 0.346. The van der Waals surface area contributed by atoms with E-state index in [0.29, 0.717) is 67.2 Å². The molecule has 0 saturated carbocycles. The van der Waals surface area contributed by atoms with Crippen LogP contribution in [0.3, 0.4) is 0 Å². The Morgan fingerprint density at radius 2 is 1.86 bits per heavy atom. The standard InChI is InChI=1S/C26H29N7O4/c1-5-24-28-25(30-37-24)17-6-9-23(27-16-17)32-10-12-33(13-11-32)26(34)21-15-20(29-31(21)2)19-14-18(35-3)7-8-22(19)36-4/h6-9,14-16H,5,10-13H2,1-4H3. The lowest BCUT2D eigenvalue weighted by Gasteiger charge is -2.35. The van der Waals surface area contributed by atoms with Crippen LogP contribution in [0, 0.1) is 0 Å². The van der Waals surface area contributed by atoms with Crippen LogP contribution in [-0.4, -0.2) is 76.1 Å². The van der Waals surface area contributed by atoms with Crippen LogP contribution in [0.25, 0.3) is 22.6 Å². The SMILES string of the molecule is CCc1nc(-c2ccc(N3CCN(C(=O)c4cc(-c5cc(OC)ccc5OC)nn4C)CC3)nc2)no1. The Labute approximate surface area is 214 Å². The lowest BCUT2D eigenvalue weighted by molar-refractivity contribution is 0.0735. The van der Waals surface area contributed by atoms with Crippen molar-refractivity contribution in [3.05, 3.63) is 54.2 Å². The fourth-order valence-electron chi connectivity index (χ4n) is 4.34. The summed E-state index contributed by atoms with van der Waals surface area (Å²) in [5, 5.41) is 8.58. The molecule has 192 valence electrons. The predicted octanol–water partition coefficient (Wildman–Crippen LogP) is 3.07. The zero-order valence-electron chi connectivity index (χ0n) is 21.3. The monoisotopic (exact) mass is 503 g/mol. The van der Waals surface area contributed by atoms with Gasteiger partial charge >= 0.3 is 0 Å². The third-order valence-corrected chi connectivity index (χ3v) is 6.45. The molecule has 0 radical (unpaired) electrons. The molecule has 1 amide bonds. The van der Waals surface area contributed by atoms with Gasteiger partial charge in [-0.1, -0.05) is 12.1 Å². The number of pyridine rings is 1. The molecule has 4 aromatic rings. The number of carbonyl (C=O) groups excluding carboxylic acids is 1. The van der Waals surface area contributed by atoms with E-state index in [9.17, 15) is 4.79 Å². The van der Waals surface area contributed by atoms with Crippen LogP contribution in [0.1, 0.15) is 23.3 Å². The van der Waals surface area contributed by atoms with Gasteiger partial charge in [0.25, 0.3) is 5.91 Å². The highest BCUT2D eigenvalue weighted by molar-refractivity contribution is 5.94. The van der Waals surface area contributed by atoms with Gasteiger partial charge in [0, 0.05) is 57.0 Å². The number of methoxy groups -OCH3 is 2. The number of hydrogen-bond acceptors (Lipinski definition) is 9. The van der Waals surface area contributed by atoms with Gasteiger partial charge in [-0.25, -0.2) is 4.98 Å². The number of aryl methyl sites for hydroxylation is 2. The lowest BCUT2D eigenvalue weighted by atomic mass is 10.1. The maximum absolute atomic E-state index is 13.4. The molecule has 0 bridgehead atoms. The van der Waals surface area contributed by atoms with Crippen molar-refractivity contribution in [1.82, 2.24) is 29.8 Å². The van der Waals surface area contributed by atoms with E-state index in [1.807, 2.05) is 42.2 Å². The van der Waals surface area contributed by atoms with Crippen LogP contribution in [0.5, 0.6) is 11.5 Å². The normalized spacial score (nSPS) is 13.6. The van der Waals surface area contributed by atoms with E-state index in [2.05, 4.69) is 25.1 Å². The molecule has 1 aromatic carbocycles. The number of amides is 1. The number of ether oxygens (including phenoxy) is 2. The Morgan fingerprint density at radius 1 is 1.05 bits per heavy atom. The summed E-state index contributed by atoms with van der Waals surface area (Å²) in [6.45, 7) is 4.48. The number of carbonyl (C=O) groups is 1. The highest BCUT2D eigenvalue weighted by Gasteiger charge is 2.26. The molecule has 0 aliphatic carbocycles. The van der Waals surface area contributed by atoms with Crippen molar-refractivity contribution in [3.8, 4) is 34.1 Å². The molecule has 3 aromatic heterocycles. The molecule has 4 heterocycles. The van der Waals surface area contributed by atoms with Gasteiger partial charge in [0.1, 0.15) is 23.0 Å². The van der Waals surface area contributed by atoms with Gasteiger partial charge in [0.15, 0.2) is 0 Å².